The Balaban J connectivity index is 2.09. The van der Waals surface area contributed by atoms with E-state index >= 15 is 0 Å². The fourth-order valence-electron chi connectivity index (χ4n) is 2.90. The van der Waals surface area contributed by atoms with Gasteiger partial charge in [-0.15, -0.1) is 0 Å². The smallest absolute Gasteiger partial charge is 0.176 e. The number of ketones is 1. The number of Topliss-reactive ketones (excluding diaryl/α,β-unsaturated/α-hetero) is 1. The number of hydrogen-bond acceptors (Lipinski definition) is 3. The van der Waals surface area contributed by atoms with Gasteiger partial charge in [0.05, 0.1) is 18.4 Å². The molecule has 0 aromatic heterocycles. The molecule has 0 atom stereocenters. The van der Waals surface area contributed by atoms with Crippen LogP contribution in [-0.2, 0) is 5.41 Å². The van der Waals surface area contributed by atoms with Crippen molar-refractivity contribution in [2.75, 3.05) is 12.9 Å². The molecule has 0 bridgehead atoms. The molecule has 2 rings (SSSR count). The van der Waals surface area contributed by atoms with Gasteiger partial charge >= 0.3 is 0 Å². The Morgan fingerprint density at radius 2 is 1.91 bits per heavy atom. The van der Waals surface area contributed by atoms with Crippen LogP contribution in [0.4, 0.5) is 0 Å². The SMILES string of the molecule is COc1ccc(C(C)(C)C)cc1C(=O)CSC1CCCCC1. The summed E-state index contributed by atoms with van der Waals surface area (Å²) >= 11 is 1.83. The maximum absolute atomic E-state index is 12.6. The Kier molecular flexibility index (Phi) is 5.96. The van der Waals surface area contributed by atoms with Crippen LogP contribution in [0.1, 0.15) is 68.8 Å². The normalized spacial score (nSPS) is 16.5. The molecule has 0 spiro atoms. The maximum Gasteiger partial charge on any atom is 0.176 e. The first-order valence-electron chi connectivity index (χ1n) is 8.25. The van der Waals surface area contributed by atoms with Crippen LogP contribution in [0.3, 0.4) is 0 Å². The molecule has 0 saturated heterocycles. The molecule has 1 aliphatic carbocycles. The van der Waals surface area contributed by atoms with Crippen molar-refractivity contribution in [1.82, 2.24) is 0 Å². The molecule has 1 aromatic carbocycles. The summed E-state index contributed by atoms with van der Waals surface area (Å²) in [5.41, 5.74) is 1.95. The first kappa shape index (κ1) is 17.4. The first-order chi connectivity index (χ1) is 10.4. The van der Waals surface area contributed by atoms with Crippen LogP contribution in [0.15, 0.2) is 18.2 Å². The number of methoxy groups -OCH3 is 1. The largest absolute Gasteiger partial charge is 0.496 e. The molecule has 3 heteroatoms. The topological polar surface area (TPSA) is 26.3 Å². The van der Waals surface area contributed by atoms with Crippen molar-refractivity contribution in [2.45, 2.75) is 63.5 Å². The average Bonchev–Trinajstić information content (AvgIpc) is 2.52. The molecule has 1 saturated carbocycles. The Bertz CT molecular complexity index is 511. The van der Waals surface area contributed by atoms with Crippen molar-refractivity contribution in [2.24, 2.45) is 0 Å². The second kappa shape index (κ2) is 7.54. The van der Waals surface area contributed by atoms with Gasteiger partial charge in [0.2, 0.25) is 0 Å². The van der Waals surface area contributed by atoms with Gasteiger partial charge in [-0.2, -0.15) is 11.8 Å². The Morgan fingerprint density at radius 3 is 2.50 bits per heavy atom. The molecule has 22 heavy (non-hydrogen) atoms. The lowest BCUT2D eigenvalue weighted by molar-refractivity contribution is 0.101. The van der Waals surface area contributed by atoms with E-state index in [9.17, 15) is 4.79 Å². The van der Waals surface area contributed by atoms with E-state index in [2.05, 4.69) is 26.8 Å². The minimum atomic E-state index is 0.0395. The molecular weight excluding hydrogens is 292 g/mol. The lowest BCUT2D eigenvalue weighted by Gasteiger charge is -2.22. The fourth-order valence-corrected chi connectivity index (χ4v) is 4.10. The number of carbonyl (C=O) groups excluding carboxylic acids is 1. The van der Waals surface area contributed by atoms with Crippen molar-refractivity contribution in [3.05, 3.63) is 29.3 Å². The highest BCUT2D eigenvalue weighted by atomic mass is 32.2. The van der Waals surface area contributed by atoms with Gasteiger partial charge in [0.1, 0.15) is 5.75 Å². The van der Waals surface area contributed by atoms with Crippen molar-refractivity contribution < 1.29 is 9.53 Å². The third kappa shape index (κ3) is 4.52. The lowest BCUT2D eigenvalue weighted by Crippen LogP contribution is -2.15. The fraction of sp³-hybridized carbons (Fsp3) is 0.632. The van der Waals surface area contributed by atoms with Gasteiger partial charge in [0, 0.05) is 5.25 Å². The van der Waals surface area contributed by atoms with Crippen LogP contribution in [0.5, 0.6) is 5.75 Å². The molecule has 1 aliphatic rings. The highest BCUT2D eigenvalue weighted by molar-refractivity contribution is 8.00. The second-order valence-corrected chi connectivity index (χ2v) is 8.45. The number of hydrogen-bond donors (Lipinski definition) is 0. The van der Waals surface area contributed by atoms with Gasteiger partial charge in [0.25, 0.3) is 0 Å². The van der Waals surface area contributed by atoms with Crippen LogP contribution in [0.25, 0.3) is 0 Å². The number of rotatable bonds is 5. The highest BCUT2D eigenvalue weighted by Gasteiger charge is 2.21. The number of thioether (sulfide) groups is 1. The van der Waals surface area contributed by atoms with Crippen LogP contribution >= 0.6 is 11.8 Å². The van der Waals surface area contributed by atoms with Gasteiger partial charge in [-0.05, 0) is 36.0 Å². The van der Waals surface area contributed by atoms with E-state index in [4.69, 9.17) is 4.74 Å². The predicted molar refractivity (Wildman–Crippen MR) is 95.4 cm³/mol. The van der Waals surface area contributed by atoms with Crippen LogP contribution in [0.2, 0.25) is 0 Å². The summed E-state index contributed by atoms with van der Waals surface area (Å²) in [7, 11) is 1.64. The standard InChI is InChI=1S/C19H28O2S/c1-19(2,3)14-10-11-18(21-4)16(12-14)17(20)13-22-15-8-6-5-7-9-15/h10-12,15H,5-9,13H2,1-4H3. The Labute approximate surface area is 139 Å². The van der Waals surface area contributed by atoms with Crippen LogP contribution < -0.4 is 4.74 Å². The first-order valence-corrected chi connectivity index (χ1v) is 9.30. The minimum Gasteiger partial charge on any atom is -0.496 e. The van der Waals surface area contributed by atoms with Crippen LogP contribution in [-0.4, -0.2) is 23.9 Å². The Hall–Kier alpha value is -0.960. The average molecular weight is 320 g/mol. The number of carbonyl (C=O) groups is 1. The molecule has 0 heterocycles. The third-order valence-electron chi connectivity index (χ3n) is 4.37. The van der Waals surface area contributed by atoms with E-state index in [-0.39, 0.29) is 11.2 Å². The highest BCUT2D eigenvalue weighted by Crippen LogP contribution is 2.31. The van der Waals surface area contributed by atoms with Crippen molar-refractivity contribution in [3.8, 4) is 5.75 Å². The molecule has 0 amide bonds. The molecule has 1 aromatic rings. The summed E-state index contributed by atoms with van der Waals surface area (Å²) in [5, 5.41) is 0.662. The summed E-state index contributed by atoms with van der Waals surface area (Å²) in [6.07, 6.45) is 6.50. The van der Waals surface area contributed by atoms with Gasteiger partial charge in [-0.1, -0.05) is 46.1 Å². The number of ether oxygens (including phenoxy) is 1. The van der Waals surface area contributed by atoms with Crippen molar-refractivity contribution in [1.29, 1.82) is 0 Å². The monoisotopic (exact) mass is 320 g/mol. The minimum absolute atomic E-state index is 0.0395. The van der Waals surface area contributed by atoms with Crippen molar-refractivity contribution in [3.63, 3.8) is 0 Å². The van der Waals surface area contributed by atoms with E-state index in [1.54, 1.807) is 7.11 Å². The maximum atomic E-state index is 12.6. The van der Waals surface area contributed by atoms with E-state index in [1.807, 2.05) is 23.9 Å². The summed E-state index contributed by atoms with van der Waals surface area (Å²) in [5.74, 6) is 1.45. The third-order valence-corrected chi connectivity index (χ3v) is 5.74. The quantitative estimate of drug-likeness (QED) is 0.694. The van der Waals surface area contributed by atoms with Crippen molar-refractivity contribution >= 4 is 17.5 Å². The molecule has 2 nitrogen and oxygen atoms in total. The lowest BCUT2D eigenvalue weighted by atomic mass is 9.85. The molecule has 0 radical (unpaired) electrons. The zero-order valence-electron chi connectivity index (χ0n) is 14.3. The molecule has 122 valence electrons. The van der Waals surface area contributed by atoms with Gasteiger partial charge in [-0.3, -0.25) is 4.79 Å². The summed E-state index contributed by atoms with van der Waals surface area (Å²) < 4.78 is 5.40. The van der Waals surface area contributed by atoms with E-state index in [1.165, 1.54) is 37.7 Å². The molecular formula is C19H28O2S. The summed E-state index contributed by atoms with van der Waals surface area (Å²) in [4.78, 5) is 12.6. The van der Waals surface area contributed by atoms with Gasteiger partial charge < -0.3 is 4.74 Å². The Morgan fingerprint density at radius 1 is 1.23 bits per heavy atom. The summed E-state index contributed by atoms with van der Waals surface area (Å²) in [6, 6.07) is 6.01. The van der Waals surface area contributed by atoms with Crippen LogP contribution in [0, 0.1) is 0 Å². The molecule has 0 aliphatic heterocycles. The zero-order chi connectivity index (χ0) is 16.2. The molecule has 0 unspecified atom stereocenters. The molecule has 0 N–H and O–H groups in total. The van der Waals surface area contributed by atoms with Gasteiger partial charge in [-0.25, -0.2) is 0 Å². The summed E-state index contributed by atoms with van der Waals surface area (Å²) in [6.45, 7) is 6.50. The van der Waals surface area contributed by atoms with Gasteiger partial charge in [0.15, 0.2) is 5.78 Å². The van der Waals surface area contributed by atoms with E-state index < -0.39 is 0 Å². The predicted octanol–water partition coefficient (Wildman–Crippen LogP) is 5.24. The molecule has 1 fully saturated rings. The van der Waals surface area contributed by atoms with E-state index in [0.717, 1.165) is 5.56 Å². The van der Waals surface area contributed by atoms with E-state index in [0.29, 0.717) is 16.8 Å². The number of benzene rings is 1. The second-order valence-electron chi connectivity index (χ2n) is 7.16. The zero-order valence-corrected chi connectivity index (χ0v) is 15.1.